The first-order chi connectivity index (χ1) is 8.45. The van der Waals surface area contributed by atoms with Crippen molar-refractivity contribution in [1.29, 1.82) is 0 Å². The van der Waals surface area contributed by atoms with Crippen LogP contribution in [-0.4, -0.2) is 39.0 Å². The van der Waals surface area contributed by atoms with Crippen LogP contribution < -0.4 is 0 Å². The molecule has 0 bridgehead atoms. The molecule has 0 radical (unpaired) electrons. The van der Waals surface area contributed by atoms with Crippen LogP contribution in [0.4, 0.5) is 0 Å². The van der Waals surface area contributed by atoms with Crippen molar-refractivity contribution in [2.24, 2.45) is 0 Å². The fourth-order valence-corrected chi connectivity index (χ4v) is 2.33. The third-order valence-corrected chi connectivity index (χ3v) is 3.52. The van der Waals surface area contributed by atoms with Crippen molar-refractivity contribution in [2.75, 3.05) is 6.54 Å². The van der Waals surface area contributed by atoms with Crippen LogP contribution in [0.5, 0.6) is 0 Å². The van der Waals surface area contributed by atoms with Crippen LogP contribution in [0.25, 0.3) is 0 Å². The van der Waals surface area contributed by atoms with Crippen molar-refractivity contribution in [2.45, 2.75) is 25.3 Å². The van der Waals surface area contributed by atoms with E-state index in [2.05, 4.69) is 4.98 Å². The summed E-state index contributed by atoms with van der Waals surface area (Å²) >= 11 is 5.80. The summed E-state index contributed by atoms with van der Waals surface area (Å²) in [5, 5.41) is 9.66. The molecule has 0 aromatic carbocycles. The standard InChI is InChI=1S/C12H13ClN2O3/c1-12(11(17)18)4-2-6-15(12)10(16)9-7-8(13)3-5-14-9/h3,5,7H,2,4,6H2,1H3,(H,17,18). The molecule has 18 heavy (non-hydrogen) atoms. The summed E-state index contributed by atoms with van der Waals surface area (Å²) in [5.41, 5.74) is -0.974. The molecule has 5 nitrogen and oxygen atoms in total. The maximum atomic E-state index is 12.3. The Kier molecular flexibility index (Phi) is 3.26. The van der Waals surface area contributed by atoms with Crippen LogP contribution in [-0.2, 0) is 4.79 Å². The normalized spacial score (nSPS) is 23.1. The lowest BCUT2D eigenvalue weighted by molar-refractivity contribution is -0.147. The molecule has 1 N–H and O–H groups in total. The minimum atomic E-state index is -1.15. The van der Waals surface area contributed by atoms with Gasteiger partial charge in [-0.3, -0.25) is 9.78 Å². The Balaban J connectivity index is 2.32. The van der Waals surface area contributed by atoms with Crippen molar-refractivity contribution >= 4 is 23.5 Å². The van der Waals surface area contributed by atoms with E-state index >= 15 is 0 Å². The molecule has 0 saturated carbocycles. The molecular formula is C12H13ClN2O3. The van der Waals surface area contributed by atoms with Crippen molar-refractivity contribution in [1.82, 2.24) is 9.88 Å². The van der Waals surface area contributed by atoms with Crippen molar-refractivity contribution < 1.29 is 14.7 Å². The minimum absolute atomic E-state index is 0.178. The van der Waals surface area contributed by atoms with Gasteiger partial charge >= 0.3 is 5.97 Å². The predicted octanol–water partition coefficient (Wildman–Crippen LogP) is 1.81. The van der Waals surface area contributed by atoms with Crippen molar-refractivity contribution in [3.63, 3.8) is 0 Å². The van der Waals surface area contributed by atoms with Gasteiger partial charge in [0.25, 0.3) is 5.91 Å². The largest absolute Gasteiger partial charge is 0.480 e. The van der Waals surface area contributed by atoms with Gasteiger partial charge in [-0.25, -0.2) is 4.79 Å². The number of carboxylic acid groups (broad SMARTS) is 1. The lowest BCUT2D eigenvalue weighted by Gasteiger charge is -2.30. The fraction of sp³-hybridized carbons (Fsp3) is 0.417. The van der Waals surface area contributed by atoms with Gasteiger partial charge in [0.2, 0.25) is 0 Å². The second kappa shape index (κ2) is 4.57. The van der Waals surface area contributed by atoms with E-state index in [1.54, 1.807) is 13.0 Å². The molecule has 96 valence electrons. The SMILES string of the molecule is CC1(C(=O)O)CCCN1C(=O)c1cc(Cl)ccn1. The zero-order chi connectivity index (χ0) is 13.3. The van der Waals surface area contributed by atoms with Gasteiger partial charge in [-0.15, -0.1) is 0 Å². The third kappa shape index (κ3) is 2.06. The molecular weight excluding hydrogens is 256 g/mol. The second-order valence-corrected chi connectivity index (χ2v) is 4.94. The van der Waals surface area contributed by atoms with E-state index in [1.807, 2.05) is 0 Å². The van der Waals surface area contributed by atoms with Crippen molar-refractivity contribution in [3.8, 4) is 0 Å². The van der Waals surface area contributed by atoms with Crippen LogP contribution in [0.15, 0.2) is 18.3 Å². The molecule has 1 amide bonds. The molecule has 0 spiro atoms. The minimum Gasteiger partial charge on any atom is -0.480 e. The number of nitrogens with zero attached hydrogens (tertiary/aromatic N) is 2. The number of amides is 1. The number of likely N-dealkylation sites (tertiary alicyclic amines) is 1. The highest BCUT2D eigenvalue weighted by molar-refractivity contribution is 6.30. The van der Waals surface area contributed by atoms with Crippen molar-refractivity contribution in [3.05, 3.63) is 29.0 Å². The summed E-state index contributed by atoms with van der Waals surface area (Å²) in [6, 6.07) is 3.02. The van der Waals surface area contributed by atoms with Gasteiger partial charge < -0.3 is 10.0 Å². The number of rotatable bonds is 2. The number of halogens is 1. The lowest BCUT2D eigenvalue weighted by Crippen LogP contribution is -2.50. The van der Waals surface area contributed by atoms with E-state index in [-0.39, 0.29) is 11.6 Å². The highest BCUT2D eigenvalue weighted by Gasteiger charge is 2.46. The maximum absolute atomic E-state index is 12.3. The molecule has 1 unspecified atom stereocenters. The first-order valence-electron chi connectivity index (χ1n) is 5.62. The molecule has 1 aromatic rings. The van der Waals surface area contributed by atoms with Crippen LogP contribution in [0.2, 0.25) is 5.02 Å². The van der Waals surface area contributed by atoms with Gasteiger partial charge in [0.15, 0.2) is 0 Å². The highest BCUT2D eigenvalue weighted by Crippen LogP contribution is 2.30. The Bertz CT molecular complexity index is 506. The first kappa shape index (κ1) is 12.8. The Labute approximate surface area is 109 Å². The smallest absolute Gasteiger partial charge is 0.329 e. The zero-order valence-electron chi connectivity index (χ0n) is 9.89. The molecule has 1 aromatic heterocycles. The predicted molar refractivity (Wildman–Crippen MR) is 65.6 cm³/mol. The quantitative estimate of drug-likeness (QED) is 0.888. The fourth-order valence-electron chi connectivity index (χ4n) is 2.17. The Hall–Kier alpha value is -1.62. The van der Waals surface area contributed by atoms with Gasteiger partial charge in [0.05, 0.1) is 0 Å². The van der Waals surface area contributed by atoms with E-state index in [0.717, 1.165) is 0 Å². The Morgan fingerprint density at radius 2 is 2.28 bits per heavy atom. The monoisotopic (exact) mass is 268 g/mol. The summed E-state index contributed by atoms with van der Waals surface area (Å²) in [4.78, 5) is 28.9. The summed E-state index contributed by atoms with van der Waals surface area (Å²) < 4.78 is 0. The van der Waals surface area contributed by atoms with E-state index in [1.165, 1.54) is 17.2 Å². The number of aliphatic carboxylic acids is 1. The number of carboxylic acids is 1. The molecule has 6 heteroatoms. The number of carbonyl (C=O) groups excluding carboxylic acids is 1. The van der Waals surface area contributed by atoms with Crippen LogP contribution >= 0.6 is 11.6 Å². The molecule has 1 fully saturated rings. The van der Waals surface area contributed by atoms with E-state index in [4.69, 9.17) is 11.6 Å². The van der Waals surface area contributed by atoms with E-state index < -0.39 is 11.5 Å². The molecule has 1 saturated heterocycles. The van der Waals surface area contributed by atoms with E-state index in [0.29, 0.717) is 24.4 Å². The Morgan fingerprint density at radius 1 is 1.56 bits per heavy atom. The summed E-state index contributed by atoms with van der Waals surface area (Å²) in [5.74, 6) is -1.38. The molecule has 2 rings (SSSR count). The molecule has 1 aliphatic heterocycles. The van der Waals surface area contributed by atoms with Gasteiger partial charge in [-0.05, 0) is 31.9 Å². The highest BCUT2D eigenvalue weighted by atomic mass is 35.5. The number of aromatic nitrogens is 1. The second-order valence-electron chi connectivity index (χ2n) is 4.50. The lowest BCUT2D eigenvalue weighted by atomic mass is 9.99. The number of hydrogen-bond donors (Lipinski definition) is 1. The average molecular weight is 269 g/mol. The summed E-state index contributed by atoms with van der Waals surface area (Å²) in [7, 11) is 0. The first-order valence-corrected chi connectivity index (χ1v) is 6.00. The molecule has 0 aliphatic carbocycles. The summed E-state index contributed by atoms with van der Waals surface area (Å²) in [6.45, 7) is 1.99. The maximum Gasteiger partial charge on any atom is 0.329 e. The van der Waals surface area contributed by atoms with Crippen LogP contribution in [0, 0.1) is 0 Å². The topological polar surface area (TPSA) is 70.5 Å². The van der Waals surface area contributed by atoms with E-state index in [9.17, 15) is 14.7 Å². The molecule has 1 atom stereocenters. The number of hydrogen-bond acceptors (Lipinski definition) is 3. The van der Waals surface area contributed by atoms with Gasteiger partial charge in [-0.1, -0.05) is 11.6 Å². The third-order valence-electron chi connectivity index (χ3n) is 3.29. The number of carbonyl (C=O) groups is 2. The molecule has 1 aliphatic rings. The molecule has 2 heterocycles. The van der Waals surface area contributed by atoms with Crippen LogP contribution in [0.3, 0.4) is 0 Å². The van der Waals surface area contributed by atoms with Gasteiger partial charge in [0.1, 0.15) is 11.2 Å². The Morgan fingerprint density at radius 3 is 2.89 bits per heavy atom. The summed E-state index contributed by atoms with van der Waals surface area (Å²) in [6.07, 6.45) is 2.56. The number of pyridine rings is 1. The van der Waals surface area contributed by atoms with Gasteiger partial charge in [0, 0.05) is 17.8 Å². The van der Waals surface area contributed by atoms with Crippen LogP contribution in [0.1, 0.15) is 30.3 Å². The van der Waals surface area contributed by atoms with Gasteiger partial charge in [-0.2, -0.15) is 0 Å². The zero-order valence-corrected chi connectivity index (χ0v) is 10.6. The average Bonchev–Trinajstić information content (AvgIpc) is 2.72.